The Hall–Kier alpha value is -4.65. The summed E-state index contributed by atoms with van der Waals surface area (Å²) in [5, 5.41) is 15.3. The van der Waals surface area contributed by atoms with E-state index in [0.717, 1.165) is 0 Å². The van der Waals surface area contributed by atoms with E-state index in [0.29, 0.717) is 33.5 Å². The number of carbonyl (C=O) groups is 1. The maximum absolute atomic E-state index is 13.0. The molecule has 10 nitrogen and oxygen atoms in total. The number of fused-ring (bicyclic) bond motifs is 1. The van der Waals surface area contributed by atoms with Crippen LogP contribution in [0.2, 0.25) is 0 Å². The molecule has 0 bridgehead atoms. The standard InChI is InChI=1S/C22H19N9O/c1-12(30-21-13(10-23)20(24)28-11-29-21)18-16(14-6-3-4-8-26-14)17(22(32)25-2)19-15(31-18)7-5-9-27-19/h3-9,11-12H,1-2H3,(H,25,32)(H3,24,28,29,30). The van der Waals surface area contributed by atoms with E-state index < -0.39 is 6.04 Å². The highest BCUT2D eigenvalue weighted by molar-refractivity contribution is 6.10. The van der Waals surface area contributed by atoms with Gasteiger partial charge in [0.2, 0.25) is 0 Å². The van der Waals surface area contributed by atoms with E-state index in [1.165, 1.54) is 6.33 Å². The average Bonchev–Trinajstić information content (AvgIpc) is 2.83. The number of nitrogen functional groups attached to an aromatic ring is 1. The van der Waals surface area contributed by atoms with Crippen LogP contribution in [-0.4, -0.2) is 37.9 Å². The fourth-order valence-electron chi connectivity index (χ4n) is 3.43. The number of nitriles is 1. The van der Waals surface area contributed by atoms with E-state index in [4.69, 9.17) is 10.7 Å². The molecule has 4 heterocycles. The van der Waals surface area contributed by atoms with E-state index in [9.17, 15) is 10.1 Å². The summed E-state index contributed by atoms with van der Waals surface area (Å²) in [6.07, 6.45) is 4.54. The van der Waals surface area contributed by atoms with Gasteiger partial charge in [0, 0.05) is 25.0 Å². The summed E-state index contributed by atoms with van der Waals surface area (Å²) in [7, 11) is 1.56. The van der Waals surface area contributed by atoms with Crippen molar-refractivity contribution >= 4 is 28.6 Å². The number of nitrogens with zero attached hydrogens (tertiary/aromatic N) is 6. The van der Waals surface area contributed by atoms with E-state index in [-0.39, 0.29) is 23.1 Å². The fourth-order valence-corrected chi connectivity index (χ4v) is 3.43. The zero-order chi connectivity index (χ0) is 22.7. The van der Waals surface area contributed by atoms with Crippen LogP contribution >= 0.6 is 0 Å². The van der Waals surface area contributed by atoms with Crippen molar-refractivity contribution in [3.05, 3.63) is 65.9 Å². The Balaban J connectivity index is 1.97. The molecule has 0 aliphatic rings. The Labute approximate surface area is 183 Å². The monoisotopic (exact) mass is 425 g/mol. The Kier molecular flexibility index (Phi) is 5.55. The molecule has 10 heteroatoms. The number of amides is 1. The van der Waals surface area contributed by atoms with Crippen LogP contribution in [0.3, 0.4) is 0 Å². The minimum Gasteiger partial charge on any atom is -0.382 e. The van der Waals surface area contributed by atoms with Crippen molar-refractivity contribution in [1.29, 1.82) is 5.26 Å². The summed E-state index contributed by atoms with van der Waals surface area (Å²) in [6, 6.07) is 10.5. The normalized spacial score (nSPS) is 11.5. The number of aromatic nitrogens is 5. The molecule has 4 aromatic rings. The maximum Gasteiger partial charge on any atom is 0.254 e. The molecule has 158 valence electrons. The van der Waals surface area contributed by atoms with E-state index in [1.807, 2.05) is 19.1 Å². The SMILES string of the molecule is CNC(=O)c1c(-c2ccccn2)c(C(C)Nc2ncnc(N)c2C#N)nc2cccnc12. The minimum absolute atomic E-state index is 0.0730. The molecule has 0 spiro atoms. The van der Waals surface area contributed by atoms with Gasteiger partial charge in [-0.25, -0.2) is 15.0 Å². The Bertz CT molecular complexity index is 1350. The zero-order valence-corrected chi connectivity index (χ0v) is 17.4. The summed E-state index contributed by atoms with van der Waals surface area (Å²) < 4.78 is 0. The van der Waals surface area contributed by atoms with Crippen LogP contribution < -0.4 is 16.4 Å². The molecule has 4 rings (SSSR count). The van der Waals surface area contributed by atoms with Crippen molar-refractivity contribution in [2.24, 2.45) is 0 Å². The predicted molar refractivity (Wildman–Crippen MR) is 119 cm³/mol. The first-order valence-corrected chi connectivity index (χ1v) is 9.74. The smallest absolute Gasteiger partial charge is 0.254 e. The first-order valence-electron chi connectivity index (χ1n) is 9.74. The molecule has 4 aromatic heterocycles. The number of hydrogen-bond acceptors (Lipinski definition) is 9. The van der Waals surface area contributed by atoms with Gasteiger partial charge in [-0.05, 0) is 31.2 Å². The Morgan fingerprint density at radius 2 is 1.94 bits per heavy atom. The molecular weight excluding hydrogens is 406 g/mol. The van der Waals surface area contributed by atoms with E-state index >= 15 is 0 Å². The van der Waals surface area contributed by atoms with Crippen LogP contribution in [0.5, 0.6) is 0 Å². The van der Waals surface area contributed by atoms with Gasteiger partial charge in [0.25, 0.3) is 5.91 Å². The second-order valence-electron chi connectivity index (χ2n) is 6.87. The quantitative estimate of drug-likeness (QED) is 0.437. The number of carbonyl (C=O) groups excluding carboxylic acids is 1. The number of hydrogen-bond donors (Lipinski definition) is 3. The molecule has 1 unspecified atom stereocenters. The molecule has 0 aliphatic carbocycles. The molecule has 0 saturated heterocycles. The zero-order valence-electron chi connectivity index (χ0n) is 17.4. The van der Waals surface area contributed by atoms with Gasteiger partial charge in [-0.1, -0.05) is 6.07 Å². The molecule has 0 saturated carbocycles. The fraction of sp³-hybridized carbons (Fsp3) is 0.136. The van der Waals surface area contributed by atoms with Gasteiger partial charge in [-0.15, -0.1) is 0 Å². The lowest BCUT2D eigenvalue weighted by Gasteiger charge is -2.21. The molecule has 0 radical (unpaired) electrons. The second-order valence-corrected chi connectivity index (χ2v) is 6.87. The first kappa shape index (κ1) is 20.6. The highest BCUT2D eigenvalue weighted by Crippen LogP contribution is 2.34. The molecule has 0 aliphatic heterocycles. The van der Waals surface area contributed by atoms with Crippen molar-refractivity contribution in [3.63, 3.8) is 0 Å². The van der Waals surface area contributed by atoms with Crippen molar-refractivity contribution in [3.8, 4) is 17.3 Å². The van der Waals surface area contributed by atoms with Gasteiger partial charge < -0.3 is 16.4 Å². The highest BCUT2D eigenvalue weighted by atomic mass is 16.1. The first-order chi connectivity index (χ1) is 15.5. The van der Waals surface area contributed by atoms with Gasteiger partial charge in [0.05, 0.1) is 28.5 Å². The number of anilines is 2. The molecular formula is C22H19N9O. The van der Waals surface area contributed by atoms with Crippen molar-refractivity contribution in [1.82, 2.24) is 30.2 Å². The molecule has 0 fully saturated rings. The Morgan fingerprint density at radius 1 is 1.12 bits per heavy atom. The number of nitrogens with one attached hydrogen (secondary N) is 2. The van der Waals surface area contributed by atoms with Gasteiger partial charge >= 0.3 is 0 Å². The second kappa shape index (κ2) is 8.61. The number of nitrogens with two attached hydrogens (primary N) is 1. The summed E-state index contributed by atoms with van der Waals surface area (Å²) >= 11 is 0. The largest absolute Gasteiger partial charge is 0.382 e. The van der Waals surface area contributed by atoms with Crippen molar-refractivity contribution < 1.29 is 4.79 Å². The number of rotatable bonds is 5. The van der Waals surface area contributed by atoms with Crippen LogP contribution in [0.15, 0.2) is 49.1 Å². The number of pyridine rings is 3. The molecule has 1 atom stereocenters. The van der Waals surface area contributed by atoms with Crippen LogP contribution in [0.1, 0.15) is 34.6 Å². The summed E-state index contributed by atoms with van der Waals surface area (Å²) in [4.78, 5) is 34.7. The van der Waals surface area contributed by atoms with E-state index in [1.54, 1.807) is 43.7 Å². The molecule has 1 amide bonds. The van der Waals surface area contributed by atoms with Gasteiger partial charge in [-0.3, -0.25) is 14.8 Å². The third-order valence-corrected chi connectivity index (χ3v) is 4.90. The minimum atomic E-state index is -0.471. The van der Waals surface area contributed by atoms with Crippen molar-refractivity contribution in [2.45, 2.75) is 13.0 Å². The topological polar surface area (TPSA) is 155 Å². The van der Waals surface area contributed by atoms with E-state index in [2.05, 4.69) is 30.6 Å². The average molecular weight is 425 g/mol. The van der Waals surface area contributed by atoms with Crippen molar-refractivity contribution in [2.75, 3.05) is 18.1 Å². The molecule has 4 N–H and O–H groups in total. The lowest BCUT2D eigenvalue weighted by Crippen LogP contribution is -2.22. The summed E-state index contributed by atoms with van der Waals surface area (Å²) in [6.45, 7) is 1.85. The summed E-state index contributed by atoms with van der Waals surface area (Å²) in [5.74, 6) is 0.0344. The third kappa shape index (κ3) is 3.63. The molecule has 0 aromatic carbocycles. The highest BCUT2D eigenvalue weighted by Gasteiger charge is 2.26. The predicted octanol–water partition coefficient (Wildman–Crippen LogP) is 2.47. The summed E-state index contributed by atoms with van der Waals surface area (Å²) in [5.41, 5.74) is 8.99. The van der Waals surface area contributed by atoms with Crippen LogP contribution in [0.4, 0.5) is 11.6 Å². The Morgan fingerprint density at radius 3 is 2.66 bits per heavy atom. The molecule has 32 heavy (non-hydrogen) atoms. The van der Waals surface area contributed by atoms with Crippen LogP contribution in [0.25, 0.3) is 22.3 Å². The van der Waals surface area contributed by atoms with Gasteiger partial charge in [-0.2, -0.15) is 5.26 Å². The van der Waals surface area contributed by atoms with Gasteiger partial charge in [0.15, 0.2) is 0 Å². The van der Waals surface area contributed by atoms with Crippen LogP contribution in [0, 0.1) is 11.3 Å². The third-order valence-electron chi connectivity index (χ3n) is 4.90. The van der Waals surface area contributed by atoms with Gasteiger partial charge in [0.1, 0.15) is 35.1 Å². The lowest BCUT2D eigenvalue weighted by molar-refractivity contribution is 0.0965. The maximum atomic E-state index is 13.0. The van der Waals surface area contributed by atoms with Crippen LogP contribution in [-0.2, 0) is 0 Å². The lowest BCUT2D eigenvalue weighted by atomic mass is 9.96.